The Kier molecular flexibility index (Phi) is 3.90. The van der Waals surface area contributed by atoms with E-state index in [1.54, 1.807) is 6.92 Å². The predicted octanol–water partition coefficient (Wildman–Crippen LogP) is 0.196. The van der Waals surface area contributed by atoms with Crippen molar-refractivity contribution in [2.24, 2.45) is 11.1 Å². The fraction of sp³-hybridized carbons (Fsp3) is 0.846. The molecular weight excluding hydrogens is 230 g/mol. The molecule has 2 fully saturated rings. The van der Waals surface area contributed by atoms with Gasteiger partial charge in [-0.05, 0) is 19.3 Å². The van der Waals surface area contributed by atoms with Crippen LogP contribution in [-0.2, 0) is 9.59 Å². The summed E-state index contributed by atoms with van der Waals surface area (Å²) in [6.45, 7) is 4.87. The zero-order chi connectivity index (χ0) is 13.2. The van der Waals surface area contributed by atoms with Gasteiger partial charge in [-0.3, -0.25) is 9.59 Å². The van der Waals surface area contributed by atoms with Crippen molar-refractivity contribution < 1.29 is 9.59 Å². The lowest BCUT2D eigenvalue weighted by molar-refractivity contribution is -0.146. The normalized spacial score (nSPS) is 23.2. The van der Waals surface area contributed by atoms with Crippen LogP contribution in [0, 0.1) is 5.41 Å². The highest BCUT2D eigenvalue weighted by molar-refractivity contribution is 5.84. The molecule has 0 aromatic carbocycles. The molecule has 1 aliphatic heterocycles. The van der Waals surface area contributed by atoms with Gasteiger partial charge in [-0.25, -0.2) is 0 Å². The third-order valence-corrected chi connectivity index (χ3v) is 4.38. The monoisotopic (exact) mass is 253 g/mol. The highest BCUT2D eigenvalue weighted by atomic mass is 16.2. The van der Waals surface area contributed by atoms with E-state index in [1.165, 1.54) is 0 Å². The largest absolute Gasteiger partial charge is 0.341 e. The zero-order valence-corrected chi connectivity index (χ0v) is 11.2. The Morgan fingerprint density at radius 1 is 1.06 bits per heavy atom. The Labute approximate surface area is 108 Å². The van der Waals surface area contributed by atoms with Crippen LogP contribution < -0.4 is 5.73 Å². The van der Waals surface area contributed by atoms with Gasteiger partial charge in [-0.1, -0.05) is 6.42 Å². The van der Waals surface area contributed by atoms with Gasteiger partial charge in [0.1, 0.15) is 0 Å². The third-order valence-electron chi connectivity index (χ3n) is 4.38. The summed E-state index contributed by atoms with van der Waals surface area (Å²) in [6.07, 6.45) is 3.83. The number of rotatable bonds is 2. The summed E-state index contributed by atoms with van der Waals surface area (Å²) in [5, 5.41) is 0. The molecule has 0 atom stereocenters. The molecule has 0 spiro atoms. The molecule has 0 aromatic heterocycles. The van der Waals surface area contributed by atoms with E-state index >= 15 is 0 Å². The van der Waals surface area contributed by atoms with E-state index in [2.05, 4.69) is 0 Å². The lowest BCUT2D eigenvalue weighted by Gasteiger charge is -2.42. The Hall–Kier alpha value is -1.10. The van der Waals surface area contributed by atoms with Crippen LogP contribution in [-0.4, -0.2) is 54.3 Å². The highest BCUT2D eigenvalue weighted by Gasteiger charge is 2.45. The van der Waals surface area contributed by atoms with Gasteiger partial charge in [0.2, 0.25) is 11.8 Å². The lowest BCUT2D eigenvalue weighted by Crippen LogP contribution is -2.52. The Morgan fingerprint density at radius 3 is 2.17 bits per heavy atom. The van der Waals surface area contributed by atoms with Crippen molar-refractivity contribution in [1.82, 2.24) is 9.80 Å². The number of amides is 2. The van der Waals surface area contributed by atoms with Crippen LogP contribution in [0.25, 0.3) is 0 Å². The molecule has 1 saturated carbocycles. The summed E-state index contributed by atoms with van der Waals surface area (Å²) in [7, 11) is 0. The first-order valence-electron chi connectivity index (χ1n) is 6.84. The molecule has 2 aliphatic rings. The predicted molar refractivity (Wildman–Crippen MR) is 68.8 cm³/mol. The van der Waals surface area contributed by atoms with Gasteiger partial charge >= 0.3 is 0 Å². The summed E-state index contributed by atoms with van der Waals surface area (Å²) in [5.74, 6) is 0.308. The number of carbonyl (C=O) groups excluding carboxylic acids is 2. The molecule has 2 rings (SSSR count). The molecule has 18 heavy (non-hydrogen) atoms. The fourth-order valence-electron chi connectivity index (χ4n) is 2.88. The molecule has 5 nitrogen and oxygen atoms in total. The maximum Gasteiger partial charge on any atom is 0.230 e. The summed E-state index contributed by atoms with van der Waals surface area (Å²) in [5.41, 5.74) is 5.49. The topological polar surface area (TPSA) is 66.6 Å². The number of nitrogens with zero attached hydrogens (tertiary/aromatic N) is 2. The van der Waals surface area contributed by atoms with Gasteiger partial charge in [0, 0.05) is 39.6 Å². The number of hydrogen-bond acceptors (Lipinski definition) is 3. The second-order valence-corrected chi connectivity index (χ2v) is 5.49. The van der Waals surface area contributed by atoms with Crippen molar-refractivity contribution >= 4 is 11.8 Å². The molecule has 1 saturated heterocycles. The van der Waals surface area contributed by atoms with E-state index in [0.717, 1.165) is 38.8 Å². The van der Waals surface area contributed by atoms with Crippen molar-refractivity contribution in [2.45, 2.75) is 32.6 Å². The van der Waals surface area contributed by atoms with Gasteiger partial charge in [0.15, 0.2) is 0 Å². The minimum atomic E-state index is -0.286. The minimum absolute atomic E-state index is 0.0986. The van der Waals surface area contributed by atoms with Crippen molar-refractivity contribution in [3.05, 3.63) is 0 Å². The first kappa shape index (κ1) is 13.3. The van der Waals surface area contributed by atoms with Crippen LogP contribution in [0.3, 0.4) is 0 Å². The van der Waals surface area contributed by atoms with Crippen LogP contribution in [0.4, 0.5) is 0 Å². The van der Waals surface area contributed by atoms with Crippen LogP contribution in [0.1, 0.15) is 32.6 Å². The molecule has 0 aromatic rings. The van der Waals surface area contributed by atoms with E-state index in [1.807, 2.05) is 9.80 Å². The third kappa shape index (κ3) is 2.36. The quantitative estimate of drug-likeness (QED) is 0.764. The van der Waals surface area contributed by atoms with Gasteiger partial charge in [-0.15, -0.1) is 0 Å². The molecule has 2 amide bonds. The maximum absolute atomic E-state index is 12.5. The highest BCUT2D eigenvalue weighted by Crippen LogP contribution is 2.41. The Morgan fingerprint density at radius 2 is 1.67 bits per heavy atom. The van der Waals surface area contributed by atoms with Gasteiger partial charge in [0.25, 0.3) is 0 Å². The van der Waals surface area contributed by atoms with Crippen molar-refractivity contribution in [2.75, 3.05) is 32.7 Å². The fourth-order valence-corrected chi connectivity index (χ4v) is 2.88. The molecule has 0 bridgehead atoms. The maximum atomic E-state index is 12.5. The van der Waals surface area contributed by atoms with E-state index in [4.69, 9.17) is 5.73 Å². The standard InChI is InChI=1S/C13H23N3O2/c1-11(17)15-6-3-7-16(9-8-15)12(18)13(10-14)4-2-5-13/h2-10,14H2,1H3. The van der Waals surface area contributed by atoms with E-state index in [0.29, 0.717) is 19.6 Å². The second-order valence-electron chi connectivity index (χ2n) is 5.49. The van der Waals surface area contributed by atoms with E-state index < -0.39 is 0 Å². The molecule has 2 N–H and O–H groups in total. The van der Waals surface area contributed by atoms with Crippen LogP contribution in [0.15, 0.2) is 0 Å². The second kappa shape index (κ2) is 5.26. The smallest absolute Gasteiger partial charge is 0.230 e. The molecule has 0 radical (unpaired) electrons. The summed E-state index contributed by atoms with van der Waals surface area (Å²) < 4.78 is 0. The van der Waals surface area contributed by atoms with Crippen LogP contribution in [0.5, 0.6) is 0 Å². The van der Waals surface area contributed by atoms with E-state index in [-0.39, 0.29) is 17.2 Å². The first-order valence-corrected chi connectivity index (χ1v) is 6.84. The van der Waals surface area contributed by atoms with E-state index in [9.17, 15) is 9.59 Å². The zero-order valence-electron chi connectivity index (χ0n) is 11.2. The van der Waals surface area contributed by atoms with Gasteiger partial charge < -0.3 is 15.5 Å². The molecule has 102 valence electrons. The van der Waals surface area contributed by atoms with Crippen LogP contribution >= 0.6 is 0 Å². The van der Waals surface area contributed by atoms with Crippen molar-refractivity contribution in [3.8, 4) is 0 Å². The molecule has 0 unspecified atom stereocenters. The average Bonchev–Trinajstić information content (AvgIpc) is 2.53. The van der Waals surface area contributed by atoms with Gasteiger partial charge in [-0.2, -0.15) is 0 Å². The lowest BCUT2D eigenvalue weighted by atomic mass is 9.68. The van der Waals surface area contributed by atoms with Crippen molar-refractivity contribution in [1.29, 1.82) is 0 Å². The number of carbonyl (C=O) groups is 2. The van der Waals surface area contributed by atoms with Crippen molar-refractivity contribution in [3.63, 3.8) is 0 Å². The van der Waals surface area contributed by atoms with Gasteiger partial charge in [0.05, 0.1) is 5.41 Å². The molecule has 1 heterocycles. The summed E-state index contributed by atoms with van der Waals surface area (Å²) >= 11 is 0. The first-order chi connectivity index (χ1) is 8.59. The summed E-state index contributed by atoms with van der Waals surface area (Å²) in [4.78, 5) is 27.6. The molecule has 1 aliphatic carbocycles. The number of hydrogen-bond donors (Lipinski definition) is 1. The SMILES string of the molecule is CC(=O)N1CCCN(C(=O)C2(CN)CCC2)CC1. The molecular formula is C13H23N3O2. The Bertz CT molecular complexity index is 334. The van der Waals surface area contributed by atoms with Crippen LogP contribution in [0.2, 0.25) is 0 Å². The average molecular weight is 253 g/mol. The number of nitrogens with two attached hydrogens (primary N) is 1. The Balaban J connectivity index is 1.97. The molecule has 5 heteroatoms. The minimum Gasteiger partial charge on any atom is -0.341 e. The summed E-state index contributed by atoms with van der Waals surface area (Å²) in [6, 6.07) is 0.